The highest BCUT2D eigenvalue weighted by molar-refractivity contribution is 6.31. The smallest absolute Gasteiger partial charge is 0.336 e. The molecule has 0 saturated heterocycles. The van der Waals surface area contributed by atoms with Gasteiger partial charge in [0.15, 0.2) is 0 Å². The molecule has 1 heterocycles. The minimum atomic E-state index is -0.833. The van der Waals surface area contributed by atoms with Crippen molar-refractivity contribution in [2.24, 2.45) is 0 Å². The predicted octanol–water partition coefficient (Wildman–Crippen LogP) is 3.38. The lowest BCUT2D eigenvalue weighted by Crippen LogP contribution is -2.00. The largest absolute Gasteiger partial charge is 0.481 e. The van der Waals surface area contributed by atoms with Crippen LogP contribution in [0.5, 0.6) is 0 Å². The first-order valence-electron chi connectivity index (χ1n) is 6.23. The van der Waals surface area contributed by atoms with Gasteiger partial charge in [0.1, 0.15) is 5.58 Å². The second-order valence-electron chi connectivity index (χ2n) is 4.26. The van der Waals surface area contributed by atoms with E-state index in [1.807, 2.05) is 0 Å². The maximum Gasteiger partial charge on any atom is 0.336 e. The Hall–Kier alpha value is -2.32. The van der Waals surface area contributed by atoms with Crippen LogP contribution in [0.3, 0.4) is 0 Å². The number of rotatable bonds is 3. The molecule has 0 aliphatic carbocycles. The van der Waals surface area contributed by atoms with Gasteiger partial charge in [0, 0.05) is 29.8 Å². The van der Waals surface area contributed by atoms with Crippen molar-refractivity contribution in [3.8, 4) is 6.07 Å². The molecule has 0 saturated carbocycles. The number of unbranched alkanes of at least 4 members (excludes halogenated alkanes) is 1. The number of hydrogen-bond acceptors (Lipinski definition) is 4. The van der Waals surface area contributed by atoms with Crippen molar-refractivity contribution in [3.05, 3.63) is 45.3 Å². The van der Waals surface area contributed by atoms with Crippen LogP contribution in [0.4, 0.5) is 0 Å². The highest BCUT2D eigenvalue weighted by Gasteiger charge is 2.06. The van der Waals surface area contributed by atoms with Crippen molar-refractivity contribution in [1.82, 2.24) is 0 Å². The number of nitriles is 1. The van der Waals surface area contributed by atoms with E-state index in [0.717, 1.165) is 24.3 Å². The molecule has 0 bridgehead atoms. The summed E-state index contributed by atoms with van der Waals surface area (Å²) in [7, 11) is 0. The van der Waals surface area contributed by atoms with E-state index in [1.54, 1.807) is 18.2 Å². The van der Waals surface area contributed by atoms with Gasteiger partial charge in [-0.2, -0.15) is 5.26 Å². The molecule has 0 atom stereocenters. The molecular formula is C15H14ClNO4. The van der Waals surface area contributed by atoms with Gasteiger partial charge in [-0.1, -0.05) is 11.6 Å². The average molecular weight is 308 g/mol. The quantitative estimate of drug-likeness (QED) is 0.693. The fourth-order valence-corrected chi connectivity index (χ4v) is 1.94. The molecule has 1 aromatic heterocycles. The Morgan fingerprint density at radius 2 is 2.10 bits per heavy atom. The molecule has 110 valence electrons. The molecule has 2 rings (SSSR count). The van der Waals surface area contributed by atoms with Crippen molar-refractivity contribution >= 4 is 28.5 Å². The van der Waals surface area contributed by atoms with Crippen molar-refractivity contribution in [3.63, 3.8) is 0 Å². The molecule has 0 aliphatic heterocycles. The Labute approximate surface area is 126 Å². The molecule has 0 unspecified atom stereocenters. The topological polar surface area (TPSA) is 91.3 Å². The van der Waals surface area contributed by atoms with Gasteiger partial charge in [-0.3, -0.25) is 4.79 Å². The normalized spacial score (nSPS) is 9.57. The number of aliphatic carboxylic acids is 1. The SMILES string of the molecule is CC(=O)O.N#CCCCc1cc(=O)oc2ccc(Cl)cc12. The number of carboxylic acids is 1. The average Bonchev–Trinajstić information content (AvgIpc) is 2.39. The number of hydrogen-bond donors (Lipinski definition) is 1. The summed E-state index contributed by atoms with van der Waals surface area (Å²) >= 11 is 5.92. The first kappa shape index (κ1) is 16.7. The molecule has 0 radical (unpaired) electrons. The monoisotopic (exact) mass is 307 g/mol. The number of aryl methyl sites for hydroxylation is 1. The van der Waals surface area contributed by atoms with Crippen LogP contribution in [0.2, 0.25) is 5.02 Å². The summed E-state index contributed by atoms with van der Waals surface area (Å²) in [5.41, 5.74) is 1.05. The Bertz CT molecular complexity index is 727. The van der Waals surface area contributed by atoms with Crippen molar-refractivity contribution in [2.45, 2.75) is 26.2 Å². The summed E-state index contributed by atoms with van der Waals surface area (Å²) in [4.78, 5) is 20.4. The third-order valence-corrected chi connectivity index (χ3v) is 2.76. The Morgan fingerprint density at radius 1 is 1.43 bits per heavy atom. The van der Waals surface area contributed by atoms with E-state index in [0.29, 0.717) is 23.4 Å². The number of carbonyl (C=O) groups is 1. The van der Waals surface area contributed by atoms with E-state index < -0.39 is 5.97 Å². The van der Waals surface area contributed by atoms with Crippen molar-refractivity contribution in [2.75, 3.05) is 0 Å². The van der Waals surface area contributed by atoms with Gasteiger partial charge in [0.25, 0.3) is 5.97 Å². The number of benzene rings is 1. The molecular weight excluding hydrogens is 294 g/mol. The fraction of sp³-hybridized carbons (Fsp3) is 0.267. The minimum Gasteiger partial charge on any atom is -0.481 e. The zero-order valence-electron chi connectivity index (χ0n) is 11.4. The van der Waals surface area contributed by atoms with E-state index in [1.165, 1.54) is 6.07 Å². The summed E-state index contributed by atoms with van der Waals surface area (Å²) in [6.07, 6.45) is 1.87. The Kier molecular flexibility index (Phi) is 6.44. The zero-order chi connectivity index (χ0) is 15.8. The predicted molar refractivity (Wildman–Crippen MR) is 79.4 cm³/mol. The van der Waals surface area contributed by atoms with Crippen LogP contribution in [0.1, 0.15) is 25.3 Å². The lowest BCUT2D eigenvalue weighted by Gasteiger charge is -2.04. The molecule has 0 spiro atoms. The molecule has 0 aliphatic rings. The third kappa shape index (κ3) is 5.67. The van der Waals surface area contributed by atoms with Crippen LogP contribution in [0, 0.1) is 11.3 Å². The molecule has 0 fully saturated rings. The van der Waals surface area contributed by atoms with Gasteiger partial charge in [-0.05, 0) is 36.6 Å². The van der Waals surface area contributed by atoms with Crippen LogP contribution >= 0.6 is 11.6 Å². The molecule has 0 amide bonds. The van der Waals surface area contributed by atoms with Crippen LogP contribution in [-0.2, 0) is 11.2 Å². The van der Waals surface area contributed by atoms with Gasteiger partial charge in [0.05, 0.1) is 6.07 Å². The molecule has 1 N–H and O–H groups in total. The minimum absolute atomic E-state index is 0.369. The van der Waals surface area contributed by atoms with E-state index in [2.05, 4.69) is 6.07 Å². The Morgan fingerprint density at radius 3 is 2.71 bits per heavy atom. The van der Waals surface area contributed by atoms with Crippen LogP contribution in [-0.4, -0.2) is 11.1 Å². The highest BCUT2D eigenvalue weighted by atomic mass is 35.5. The summed E-state index contributed by atoms with van der Waals surface area (Å²) < 4.78 is 5.08. The van der Waals surface area contributed by atoms with Crippen LogP contribution in [0.15, 0.2) is 33.5 Å². The van der Waals surface area contributed by atoms with Gasteiger partial charge >= 0.3 is 5.63 Å². The first-order valence-corrected chi connectivity index (χ1v) is 6.60. The molecule has 1 aromatic carbocycles. The number of halogens is 1. The molecule has 21 heavy (non-hydrogen) atoms. The lowest BCUT2D eigenvalue weighted by molar-refractivity contribution is -0.134. The summed E-state index contributed by atoms with van der Waals surface area (Å²) in [6.45, 7) is 1.08. The number of carboxylic acid groups (broad SMARTS) is 1. The van der Waals surface area contributed by atoms with Crippen LogP contribution < -0.4 is 5.63 Å². The van der Waals surface area contributed by atoms with Gasteiger partial charge in [-0.15, -0.1) is 0 Å². The van der Waals surface area contributed by atoms with Gasteiger partial charge in [0.2, 0.25) is 0 Å². The van der Waals surface area contributed by atoms with Gasteiger partial charge < -0.3 is 9.52 Å². The second-order valence-corrected chi connectivity index (χ2v) is 4.70. The van der Waals surface area contributed by atoms with E-state index >= 15 is 0 Å². The van der Waals surface area contributed by atoms with E-state index in [-0.39, 0.29) is 5.63 Å². The standard InChI is InChI=1S/C13H10ClNO2.C2H4O2/c14-10-4-5-12-11(8-10)9(3-1-2-6-15)7-13(16)17-12;1-2(3)4/h4-5,7-8H,1-3H2;1H3,(H,3,4). The second kappa shape index (κ2) is 8.08. The molecule has 6 heteroatoms. The van der Waals surface area contributed by atoms with E-state index in [9.17, 15) is 4.79 Å². The highest BCUT2D eigenvalue weighted by Crippen LogP contribution is 2.22. The Balaban J connectivity index is 0.000000491. The van der Waals surface area contributed by atoms with Crippen molar-refractivity contribution < 1.29 is 14.3 Å². The number of nitrogens with zero attached hydrogens (tertiary/aromatic N) is 1. The molecule has 2 aromatic rings. The van der Waals surface area contributed by atoms with Crippen molar-refractivity contribution in [1.29, 1.82) is 5.26 Å². The number of fused-ring (bicyclic) bond motifs is 1. The summed E-state index contributed by atoms with van der Waals surface area (Å²) in [5, 5.41) is 17.4. The zero-order valence-corrected chi connectivity index (χ0v) is 12.2. The fourth-order valence-electron chi connectivity index (χ4n) is 1.76. The summed E-state index contributed by atoms with van der Waals surface area (Å²) in [6, 6.07) is 8.71. The summed E-state index contributed by atoms with van der Waals surface area (Å²) in [5.74, 6) is -0.833. The van der Waals surface area contributed by atoms with Crippen LogP contribution in [0.25, 0.3) is 11.0 Å². The maximum absolute atomic E-state index is 11.4. The maximum atomic E-state index is 11.4. The molecule has 5 nitrogen and oxygen atoms in total. The van der Waals surface area contributed by atoms with E-state index in [4.69, 9.17) is 31.2 Å². The first-order chi connectivity index (χ1) is 9.93. The lowest BCUT2D eigenvalue weighted by atomic mass is 10.0. The third-order valence-electron chi connectivity index (χ3n) is 2.52. The van der Waals surface area contributed by atoms with Gasteiger partial charge in [-0.25, -0.2) is 4.79 Å².